The van der Waals surface area contributed by atoms with E-state index in [9.17, 15) is 18.0 Å². The van der Waals surface area contributed by atoms with Crippen LogP contribution in [0.2, 0.25) is 0 Å². The summed E-state index contributed by atoms with van der Waals surface area (Å²) in [5, 5.41) is 6.43. The van der Waals surface area contributed by atoms with Crippen LogP contribution in [-0.2, 0) is 6.18 Å². The van der Waals surface area contributed by atoms with Gasteiger partial charge in [-0.2, -0.15) is 18.3 Å². The summed E-state index contributed by atoms with van der Waals surface area (Å²) in [5.41, 5.74) is 1.02. The highest BCUT2D eigenvalue weighted by Crippen LogP contribution is 2.34. The first kappa shape index (κ1) is 21.9. The second kappa shape index (κ2) is 9.06. The molecule has 2 heterocycles. The summed E-state index contributed by atoms with van der Waals surface area (Å²) in [4.78, 5) is 15.0. The average molecular weight is 442 g/mol. The molecule has 0 bridgehead atoms. The minimum atomic E-state index is -4.75. The van der Waals surface area contributed by atoms with Gasteiger partial charge in [-0.15, -0.1) is 0 Å². The fourth-order valence-corrected chi connectivity index (χ4v) is 3.95. The lowest BCUT2D eigenvalue weighted by Crippen LogP contribution is -2.23. The normalized spacial score (nSPS) is 14.8. The summed E-state index contributed by atoms with van der Waals surface area (Å²) in [7, 11) is 0. The molecular weight excluding hydrogens is 417 g/mol. The predicted octanol–water partition coefficient (Wildman–Crippen LogP) is 5.83. The molecular formula is C24H25F3N4O. The number of amides is 1. The van der Waals surface area contributed by atoms with E-state index in [2.05, 4.69) is 15.3 Å². The van der Waals surface area contributed by atoms with Crippen LogP contribution in [0.1, 0.15) is 47.3 Å². The number of aromatic nitrogens is 2. The van der Waals surface area contributed by atoms with Gasteiger partial charge in [0.05, 0.1) is 17.4 Å². The summed E-state index contributed by atoms with van der Waals surface area (Å²) < 4.78 is 42.3. The van der Waals surface area contributed by atoms with Crippen LogP contribution in [0.5, 0.6) is 0 Å². The Balaban J connectivity index is 1.56. The Bertz CT molecular complexity index is 1060. The van der Waals surface area contributed by atoms with Gasteiger partial charge < -0.3 is 10.2 Å². The summed E-state index contributed by atoms with van der Waals surface area (Å²) in [6.45, 7) is 3.81. The van der Waals surface area contributed by atoms with Gasteiger partial charge in [0, 0.05) is 24.5 Å². The third kappa shape index (κ3) is 4.79. The molecule has 0 atom stereocenters. The molecule has 0 spiro atoms. The van der Waals surface area contributed by atoms with Crippen LogP contribution < -0.4 is 10.2 Å². The number of carbonyl (C=O) groups is 1. The average Bonchev–Trinajstić information content (AvgIpc) is 3.05. The molecule has 8 heteroatoms. The van der Waals surface area contributed by atoms with E-state index < -0.39 is 23.3 Å². The molecule has 32 heavy (non-hydrogen) atoms. The van der Waals surface area contributed by atoms with Gasteiger partial charge >= 0.3 is 6.18 Å². The number of alkyl halides is 3. The first-order valence-electron chi connectivity index (χ1n) is 10.7. The van der Waals surface area contributed by atoms with E-state index in [1.165, 1.54) is 12.8 Å². The summed E-state index contributed by atoms with van der Waals surface area (Å²) in [5.74, 6) is -0.849. The molecule has 1 aliphatic heterocycles. The maximum Gasteiger partial charge on any atom is 0.434 e. The molecule has 4 rings (SSSR count). The number of halogens is 3. The van der Waals surface area contributed by atoms with E-state index >= 15 is 0 Å². The molecule has 0 saturated carbocycles. The molecule has 0 radical (unpaired) electrons. The zero-order valence-electron chi connectivity index (χ0n) is 17.8. The lowest BCUT2D eigenvalue weighted by atomic mass is 10.2. The number of carbonyl (C=O) groups excluding carboxylic acids is 1. The topological polar surface area (TPSA) is 50.2 Å². The monoisotopic (exact) mass is 442 g/mol. The van der Waals surface area contributed by atoms with Gasteiger partial charge in [-0.3, -0.25) is 4.79 Å². The van der Waals surface area contributed by atoms with Crippen molar-refractivity contribution >= 4 is 17.3 Å². The van der Waals surface area contributed by atoms with E-state index in [1.807, 2.05) is 19.1 Å². The van der Waals surface area contributed by atoms with Crippen LogP contribution in [0.25, 0.3) is 5.69 Å². The van der Waals surface area contributed by atoms with E-state index in [0.717, 1.165) is 48.1 Å². The molecule has 1 amide bonds. The molecule has 1 aliphatic rings. The minimum Gasteiger partial charge on any atom is -0.372 e. The van der Waals surface area contributed by atoms with E-state index in [4.69, 9.17) is 0 Å². The zero-order valence-corrected chi connectivity index (χ0v) is 17.8. The van der Waals surface area contributed by atoms with E-state index in [-0.39, 0.29) is 5.69 Å². The van der Waals surface area contributed by atoms with Gasteiger partial charge in [-0.05, 0) is 56.2 Å². The Hall–Kier alpha value is -3.29. The molecule has 5 nitrogen and oxygen atoms in total. The fourth-order valence-electron chi connectivity index (χ4n) is 3.95. The van der Waals surface area contributed by atoms with Crippen molar-refractivity contribution < 1.29 is 18.0 Å². The Morgan fingerprint density at radius 2 is 1.50 bits per heavy atom. The molecule has 2 aromatic carbocycles. The minimum absolute atomic E-state index is 0.240. The largest absolute Gasteiger partial charge is 0.434 e. The highest BCUT2D eigenvalue weighted by atomic mass is 19.4. The summed E-state index contributed by atoms with van der Waals surface area (Å²) >= 11 is 0. The Morgan fingerprint density at radius 3 is 2.09 bits per heavy atom. The Labute approximate surface area is 184 Å². The first-order valence-corrected chi connectivity index (χ1v) is 10.7. The Morgan fingerprint density at radius 1 is 0.906 bits per heavy atom. The van der Waals surface area contributed by atoms with Crippen LogP contribution in [0.4, 0.5) is 24.5 Å². The van der Waals surface area contributed by atoms with Crippen molar-refractivity contribution in [2.24, 2.45) is 0 Å². The number of nitrogens with zero attached hydrogens (tertiary/aromatic N) is 3. The number of aryl methyl sites for hydroxylation is 1. The highest BCUT2D eigenvalue weighted by Gasteiger charge is 2.40. The van der Waals surface area contributed by atoms with Crippen molar-refractivity contribution in [2.75, 3.05) is 23.3 Å². The Kier molecular flexibility index (Phi) is 6.21. The summed E-state index contributed by atoms with van der Waals surface area (Å²) in [6, 6.07) is 13.7. The zero-order chi connectivity index (χ0) is 22.7. The van der Waals surface area contributed by atoms with Crippen LogP contribution in [0.15, 0.2) is 54.7 Å². The first-order chi connectivity index (χ1) is 15.3. The lowest BCUT2D eigenvalue weighted by molar-refractivity contribution is -0.143. The maximum absolute atomic E-state index is 13.9. The summed E-state index contributed by atoms with van der Waals surface area (Å²) in [6.07, 6.45) is 0.951. The third-order valence-electron chi connectivity index (χ3n) is 5.66. The van der Waals surface area contributed by atoms with Crippen LogP contribution in [0.3, 0.4) is 0 Å². The van der Waals surface area contributed by atoms with Gasteiger partial charge in [0.1, 0.15) is 0 Å². The maximum atomic E-state index is 13.9. The molecule has 1 aromatic heterocycles. The third-order valence-corrected chi connectivity index (χ3v) is 5.66. The second-order valence-electron chi connectivity index (χ2n) is 8.05. The molecule has 0 aliphatic carbocycles. The van der Waals surface area contributed by atoms with Gasteiger partial charge in [0.15, 0.2) is 5.69 Å². The molecule has 1 saturated heterocycles. The lowest BCUT2D eigenvalue weighted by Gasteiger charge is -2.22. The number of hydrogen-bond acceptors (Lipinski definition) is 3. The molecule has 1 fully saturated rings. The van der Waals surface area contributed by atoms with Gasteiger partial charge in [0.2, 0.25) is 0 Å². The van der Waals surface area contributed by atoms with Crippen molar-refractivity contribution in [1.29, 1.82) is 0 Å². The van der Waals surface area contributed by atoms with Crippen molar-refractivity contribution in [2.45, 2.75) is 38.8 Å². The molecule has 168 valence electrons. The highest BCUT2D eigenvalue weighted by molar-refractivity contribution is 6.05. The van der Waals surface area contributed by atoms with E-state index in [0.29, 0.717) is 5.69 Å². The number of rotatable bonds is 4. The fraction of sp³-hybridized carbons (Fsp3) is 0.333. The van der Waals surface area contributed by atoms with Gasteiger partial charge in [-0.1, -0.05) is 30.5 Å². The van der Waals surface area contributed by atoms with Crippen molar-refractivity contribution in [1.82, 2.24) is 9.78 Å². The predicted molar refractivity (Wildman–Crippen MR) is 118 cm³/mol. The smallest absolute Gasteiger partial charge is 0.372 e. The van der Waals surface area contributed by atoms with Crippen molar-refractivity contribution in [3.63, 3.8) is 0 Å². The number of benzene rings is 2. The van der Waals surface area contributed by atoms with Crippen LogP contribution in [-0.4, -0.2) is 28.8 Å². The molecule has 0 unspecified atom stereocenters. The number of anilines is 2. The SMILES string of the molecule is Cc1ccc(-n2ncc(C(=O)Nc3ccc(N4CCCCCC4)cc3)c2C(F)(F)F)cc1. The number of hydrogen-bond donors (Lipinski definition) is 1. The van der Waals surface area contributed by atoms with Crippen molar-refractivity contribution in [3.05, 3.63) is 71.5 Å². The van der Waals surface area contributed by atoms with Gasteiger partial charge in [-0.25, -0.2) is 4.68 Å². The number of nitrogens with one attached hydrogen (secondary N) is 1. The quantitative estimate of drug-likeness (QED) is 0.553. The second-order valence-corrected chi connectivity index (χ2v) is 8.05. The molecule has 3 aromatic rings. The van der Waals surface area contributed by atoms with Crippen LogP contribution >= 0.6 is 0 Å². The standard InChI is InChI=1S/C24H25F3N4O/c1-17-6-10-20(11-7-17)31-22(24(25,26)27)21(16-28-31)23(32)29-18-8-12-19(13-9-18)30-14-4-2-3-5-15-30/h6-13,16H,2-5,14-15H2,1H3,(H,29,32). The van der Waals surface area contributed by atoms with Crippen molar-refractivity contribution in [3.8, 4) is 5.69 Å². The van der Waals surface area contributed by atoms with Crippen LogP contribution in [0, 0.1) is 6.92 Å². The van der Waals surface area contributed by atoms with E-state index in [1.54, 1.807) is 36.4 Å². The molecule has 1 N–H and O–H groups in total. The van der Waals surface area contributed by atoms with Gasteiger partial charge in [0.25, 0.3) is 5.91 Å².